The summed E-state index contributed by atoms with van der Waals surface area (Å²) in [7, 11) is 1.66. The molecule has 1 aromatic carbocycles. The van der Waals surface area contributed by atoms with E-state index >= 15 is 0 Å². The number of nitrogens with one attached hydrogen (secondary N) is 2. The number of rotatable bonds is 2. The smallest absolute Gasteiger partial charge is 0.251 e. The lowest BCUT2D eigenvalue weighted by Gasteiger charge is -2.07. The quantitative estimate of drug-likeness (QED) is 0.819. The molecule has 98 valence electrons. The van der Waals surface area contributed by atoms with E-state index in [-0.39, 0.29) is 17.8 Å². The van der Waals surface area contributed by atoms with Gasteiger partial charge in [-0.1, -0.05) is 0 Å². The lowest BCUT2D eigenvalue weighted by molar-refractivity contribution is -0.126. The molecule has 0 radical (unpaired) electrons. The van der Waals surface area contributed by atoms with Crippen molar-refractivity contribution < 1.29 is 9.18 Å². The molecule has 1 fully saturated rings. The van der Waals surface area contributed by atoms with E-state index in [2.05, 4.69) is 10.3 Å². The van der Waals surface area contributed by atoms with Crippen LogP contribution >= 0.6 is 12.2 Å². The fourth-order valence-electron chi connectivity index (χ4n) is 2.33. The number of hydrogen-bond donors (Lipinski definition) is 2. The second kappa shape index (κ2) is 4.31. The fraction of sp³-hybridized carbons (Fsp3) is 0.231. The van der Waals surface area contributed by atoms with Gasteiger partial charge in [-0.2, -0.15) is 0 Å². The van der Waals surface area contributed by atoms with E-state index in [4.69, 9.17) is 12.2 Å². The average molecular weight is 277 g/mol. The number of amides is 1. The maximum atomic E-state index is 13.1. The minimum absolute atomic E-state index is 0.0403. The number of halogens is 1. The summed E-state index contributed by atoms with van der Waals surface area (Å²) in [5.41, 5.74) is 1.70. The summed E-state index contributed by atoms with van der Waals surface area (Å²) in [6, 6.07) is 4.24. The molecule has 0 saturated carbocycles. The highest BCUT2D eigenvalue weighted by Crippen LogP contribution is 2.21. The Balaban J connectivity index is 1.90. The zero-order valence-corrected chi connectivity index (χ0v) is 11.1. The molecule has 1 aliphatic rings. The molecule has 4 nitrogen and oxygen atoms in total. The molecule has 1 aliphatic heterocycles. The zero-order chi connectivity index (χ0) is 13.6. The van der Waals surface area contributed by atoms with Gasteiger partial charge in [-0.25, -0.2) is 4.39 Å². The Hall–Kier alpha value is -1.95. The highest BCUT2D eigenvalue weighted by Gasteiger charge is 2.32. The van der Waals surface area contributed by atoms with Gasteiger partial charge in [0, 0.05) is 30.6 Å². The molecule has 0 bridgehead atoms. The van der Waals surface area contributed by atoms with Crippen molar-refractivity contribution in [2.75, 3.05) is 7.05 Å². The number of carbonyl (C=O) groups is 1. The Morgan fingerprint density at radius 2 is 2.26 bits per heavy atom. The second-order valence-corrected chi connectivity index (χ2v) is 4.99. The third kappa shape index (κ3) is 1.98. The van der Waals surface area contributed by atoms with Crippen molar-refractivity contribution in [3.05, 3.63) is 35.8 Å². The summed E-state index contributed by atoms with van der Waals surface area (Å²) in [4.78, 5) is 16.4. The standard InChI is InChI=1S/C13H12FN3OS/c1-17-12(18)11(16-13(17)19)4-7-6-15-10-5-8(14)2-3-9(7)10/h2-3,5-6,11,15H,4H2,1H3,(H,16,19). The van der Waals surface area contributed by atoms with Crippen LogP contribution in [0.25, 0.3) is 10.9 Å². The van der Waals surface area contributed by atoms with Gasteiger partial charge in [0.1, 0.15) is 11.9 Å². The molecular weight excluding hydrogens is 265 g/mol. The Labute approximate surface area is 114 Å². The third-order valence-electron chi connectivity index (χ3n) is 3.38. The van der Waals surface area contributed by atoms with Crippen LogP contribution in [0.4, 0.5) is 4.39 Å². The average Bonchev–Trinajstić information content (AvgIpc) is 2.87. The van der Waals surface area contributed by atoms with Gasteiger partial charge in [-0.15, -0.1) is 0 Å². The topological polar surface area (TPSA) is 48.1 Å². The number of likely N-dealkylation sites (N-methyl/N-ethyl adjacent to an activating group) is 1. The minimum Gasteiger partial charge on any atom is -0.361 e. The van der Waals surface area contributed by atoms with Crippen LogP contribution < -0.4 is 5.32 Å². The minimum atomic E-state index is -0.346. The number of aromatic nitrogens is 1. The SMILES string of the molecule is CN1C(=O)C(Cc2c[nH]c3cc(F)ccc23)NC1=S. The van der Waals surface area contributed by atoms with Crippen LogP contribution in [0, 0.1) is 5.82 Å². The van der Waals surface area contributed by atoms with Crippen molar-refractivity contribution in [2.24, 2.45) is 0 Å². The normalized spacial score (nSPS) is 19.3. The van der Waals surface area contributed by atoms with Crippen LogP contribution in [0.3, 0.4) is 0 Å². The maximum Gasteiger partial charge on any atom is 0.251 e. The van der Waals surface area contributed by atoms with Crippen LogP contribution in [0.5, 0.6) is 0 Å². The summed E-state index contributed by atoms with van der Waals surface area (Å²) in [5.74, 6) is -0.321. The van der Waals surface area contributed by atoms with E-state index in [0.29, 0.717) is 11.5 Å². The van der Waals surface area contributed by atoms with Gasteiger partial charge < -0.3 is 10.3 Å². The molecule has 0 spiro atoms. The molecule has 1 amide bonds. The van der Waals surface area contributed by atoms with Crippen LogP contribution in [0.2, 0.25) is 0 Å². The van der Waals surface area contributed by atoms with Gasteiger partial charge in [-0.05, 0) is 36.0 Å². The molecule has 1 atom stereocenters. The zero-order valence-electron chi connectivity index (χ0n) is 10.2. The first-order valence-corrected chi connectivity index (χ1v) is 6.30. The van der Waals surface area contributed by atoms with Crippen molar-refractivity contribution in [1.82, 2.24) is 15.2 Å². The summed E-state index contributed by atoms with van der Waals surface area (Å²) in [6.45, 7) is 0. The van der Waals surface area contributed by atoms with Crippen LogP contribution in [-0.2, 0) is 11.2 Å². The van der Waals surface area contributed by atoms with E-state index in [1.165, 1.54) is 17.0 Å². The molecule has 2 N–H and O–H groups in total. The molecule has 1 aromatic heterocycles. The molecular formula is C13H12FN3OS. The first-order valence-electron chi connectivity index (χ1n) is 5.90. The highest BCUT2D eigenvalue weighted by atomic mass is 32.1. The predicted octanol–water partition coefficient (Wildman–Crippen LogP) is 1.56. The summed E-state index contributed by atoms with van der Waals surface area (Å²) in [6.07, 6.45) is 2.33. The molecule has 1 unspecified atom stereocenters. The van der Waals surface area contributed by atoms with Crippen LogP contribution in [0.15, 0.2) is 24.4 Å². The molecule has 3 rings (SSSR count). The number of benzene rings is 1. The molecule has 1 saturated heterocycles. The summed E-state index contributed by atoms with van der Waals surface area (Å²) >= 11 is 5.04. The van der Waals surface area contributed by atoms with E-state index in [1.54, 1.807) is 19.3 Å². The number of aromatic amines is 1. The van der Waals surface area contributed by atoms with Crippen molar-refractivity contribution in [2.45, 2.75) is 12.5 Å². The lowest BCUT2D eigenvalue weighted by atomic mass is 10.1. The molecule has 2 aromatic rings. The van der Waals surface area contributed by atoms with Crippen LogP contribution in [0.1, 0.15) is 5.56 Å². The third-order valence-corrected chi connectivity index (χ3v) is 3.78. The number of H-pyrrole nitrogens is 1. The van der Waals surface area contributed by atoms with Gasteiger partial charge >= 0.3 is 0 Å². The Bertz CT molecular complexity index is 682. The Morgan fingerprint density at radius 1 is 1.47 bits per heavy atom. The molecule has 2 heterocycles. The summed E-state index contributed by atoms with van der Waals surface area (Å²) in [5, 5.41) is 4.36. The van der Waals surface area contributed by atoms with Gasteiger partial charge in [0.05, 0.1) is 0 Å². The first-order chi connectivity index (χ1) is 9.06. The number of nitrogens with zero attached hydrogens (tertiary/aromatic N) is 1. The maximum absolute atomic E-state index is 13.1. The predicted molar refractivity (Wildman–Crippen MR) is 74.3 cm³/mol. The van der Waals surface area contributed by atoms with Crippen LogP contribution in [-0.4, -0.2) is 34.0 Å². The van der Waals surface area contributed by atoms with E-state index < -0.39 is 0 Å². The first kappa shape index (κ1) is 12.1. The van der Waals surface area contributed by atoms with E-state index in [9.17, 15) is 9.18 Å². The highest BCUT2D eigenvalue weighted by molar-refractivity contribution is 7.80. The van der Waals surface area contributed by atoms with Gasteiger partial charge in [0.2, 0.25) is 0 Å². The number of hydrogen-bond acceptors (Lipinski definition) is 2. The number of thiocarbonyl (C=S) groups is 1. The molecule has 0 aliphatic carbocycles. The monoisotopic (exact) mass is 277 g/mol. The lowest BCUT2D eigenvalue weighted by Crippen LogP contribution is -2.31. The Morgan fingerprint density at radius 3 is 2.95 bits per heavy atom. The fourth-order valence-corrected chi connectivity index (χ4v) is 2.56. The van der Waals surface area contributed by atoms with Crippen molar-refractivity contribution in [3.8, 4) is 0 Å². The molecule has 19 heavy (non-hydrogen) atoms. The van der Waals surface area contributed by atoms with Crippen molar-refractivity contribution in [1.29, 1.82) is 0 Å². The largest absolute Gasteiger partial charge is 0.361 e. The van der Waals surface area contributed by atoms with Gasteiger partial charge in [-0.3, -0.25) is 9.69 Å². The number of fused-ring (bicyclic) bond motifs is 1. The molecule has 6 heteroatoms. The second-order valence-electron chi connectivity index (χ2n) is 4.61. The van der Waals surface area contributed by atoms with E-state index in [1.807, 2.05) is 0 Å². The van der Waals surface area contributed by atoms with E-state index in [0.717, 1.165) is 16.5 Å². The van der Waals surface area contributed by atoms with Gasteiger partial charge in [0.15, 0.2) is 5.11 Å². The van der Waals surface area contributed by atoms with Crippen molar-refractivity contribution in [3.63, 3.8) is 0 Å². The number of carbonyl (C=O) groups excluding carboxylic acids is 1. The summed E-state index contributed by atoms with van der Waals surface area (Å²) < 4.78 is 13.1. The van der Waals surface area contributed by atoms with Gasteiger partial charge in [0.25, 0.3) is 5.91 Å². The Kier molecular flexibility index (Phi) is 2.74. The van der Waals surface area contributed by atoms with Crippen molar-refractivity contribution >= 4 is 34.1 Å².